The van der Waals surface area contributed by atoms with Gasteiger partial charge in [0, 0.05) is 22.6 Å². The van der Waals surface area contributed by atoms with Gasteiger partial charge < -0.3 is 9.64 Å². The fourth-order valence-corrected chi connectivity index (χ4v) is 4.87. The molecule has 218 valence electrons. The molecule has 0 fully saturated rings. The summed E-state index contributed by atoms with van der Waals surface area (Å²) < 4.78 is 5.34. The van der Waals surface area contributed by atoms with Crippen LogP contribution in [-0.2, 0) is 4.79 Å². The Morgan fingerprint density at radius 3 is 1.36 bits per heavy atom. The number of rotatable bonds is 9. The van der Waals surface area contributed by atoms with Crippen molar-refractivity contribution in [3.63, 3.8) is 0 Å². The Labute approximate surface area is 263 Å². The molecule has 0 amide bonds. The second-order valence-corrected chi connectivity index (χ2v) is 10.5. The third kappa shape index (κ3) is 7.12. The van der Waals surface area contributed by atoms with Gasteiger partial charge in [0.1, 0.15) is 5.75 Å². The molecule has 0 saturated carbocycles. The molecule has 0 N–H and O–H groups in total. The van der Waals surface area contributed by atoms with E-state index in [1.54, 1.807) is 19.1 Å². The summed E-state index contributed by atoms with van der Waals surface area (Å²) in [4.78, 5) is 14.1. The maximum Gasteiger partial charge on any atom is 0.338 e. The van der Waals surface area contributed by atoms with Crippen LogP contribution in [0.4, 0.5) is 28.4 Å². The van der Waals surface area contributed by atoms with Gasteiger partial charge in [-0.15, -0.1) is 0 Å². The average molecular weight is 586 g/mol. The van der Waals surface area contributed by atoms with Crippen molar-refractivity contribution in [2.45, 2.75) is 6.92 Å². The molecule has 6 rings (SSSR count). The van der Waals surface area contributed by atoms with Crippen LogP contribution in [0, 0.1) is 0 Å². The molecule has 0 atom stereocenters. The smallest absolute Gasteiger partial charge is 0.338 e. The maximum absolute atomic E-state index is 11.9. The number of ether oxygens (including phenoxy) is 1. The number of azo groups is 1. The van der Waals surface area contributed by atoms with E-state index in [0.717, 1.165) is 45.1 Å². The highest BCUT2D eigenvalue weighted by Crippen LogP contribution is 2.37. The Morgan fingerprint density at radius 2 is 0.889 bits per heavy atom. The predicted octanol–water partition coefficient (Wildman–Crippen LogP) is 11.4. The maximum atomic E-state index is 11.9. The van der Waals surface area contributed by atoms with Crippen molar-refractivity contribution in [2.24, 2.45) is 10.2 Å². The molecule has 0 aliphatic rings. The second-order valence-electron chi connectivity index (χ2n) is 10.5. The van der Waals surface area contributed by atoms with Crippen LogP contribution in [0.25, 0.3) is 22.3 Å². The predicted molar refractivity (Wildman–Crippen MR) is 183 cm³/mol. The Hall–Kier alpha value is -6.07. The molecule has 0 aliphatic carbocycles. The molecule has 0 heterocycles. The van der Waals surface area contributed by atoms with E-state index in [9.17, 15) is 4.79 Å². The lowest BCUT2D eigenvalue weighted by Crippen LogP contribution is -2.09. The van der Waals surface area contributed by atoms with Crippen LogP contribution in [-0.4, -0.2) is 5.97 Å². The molecule has 0 saturated heterocycles. The molecule has 5 nitrogen and oxygen atoms in total. The van der Waals surface area contributed by atoms with Gasteiger partial charge in [0.05, 0.1) is 11.4 Å². The van der Waals surface area contributed by atoms with E-state index in [0.29, 0.717) is 11.3 Å². The first-order valence-corrected chi connectivity index (χ1v) is 14.6. The molecule has 45 heavy (non-hydrogen) atoms. The summed E-state index contributed by atoms with van der Waals surface area (Å²) in [6.45, 7) is 5.27. The Balaban J connectivity index is 1.29. The third-order valence-corrected chi connectivity index (χ3v) is 7.25. The number of hydrogen-bond donors (Lipinski definition) is 0. The van der Waals surface area contributed by atoms with Crippen LogP contribution < -0.4 is 9.64 Å². The van der Waals surface area contributed by atoms with Crippen LogP contribution >= 0.6 is 0 Å². The topological polar surface area (TPSA) is 54.3 Å². The minimum absolute atomic E-state index is 0.361. The van der Waals surface area contributed by atoms with Crippen LogP contribution in [0.2, 0.25) is 0 Å². The zero-order valence-corrected chi connectivity index (χ0v) is 24.9. The summed E-state index contributed by atoms with van der Waals surface area (Å²) in [5.41, 5.74) is 9.38. The first kappa shape index (κ1) is 29.0. The number of carbonyl (C=O) groups excluding carboxylic acids is 1. The molecule has 0 spiro atoms. The molecule has 0 aromatic heterocycles. The summed E-state index contributed by atoms with van der Waals surface area (Å²) in [5.74, 6) is 0.0523. The lowest BCUT2D eigenvalue weighted by atomic mass is 10.0. The Kier molecular flexibility index (Phi) is 8.70. The molecule has 5 heteroatoms. The summed E-state index contributed by atoms with van der Waals surface area (Å²) in [5, 5.41) is 8.77. The summed E-state index contributed by atoms with van der Waals surface area (Å²) in [7, 11) is 0. The van der Waals surface area contributed by atoms with E-state index < -0.39 is 5.97 Å². The molecular weight excluding hydrogens is 554 g/mol. The van der Waals surface area contributed by atoms with E-state index in [4.69, 9.17) is 4.74 Å². The molecule has 0 unspecified atom stereocenters. The Morgan fingerprint density at radius 1 is 0.511 bits per heavy atom. The lowest BCUT2D eigenvalue weighted by molar-refractivity contribution is -0.130. The number of esters is 1. The van der Waals surface area contributed by atoms with Crippen LogP contribution in [0.1, 0.15) is 6.92 Å². The van der Waals surface area contributed by atoms with E-state index in [1.165, 1.54) is 5.56 Å². The van der Waals surface area contributed by atoms with Gasteiger partial charge >= 0.3 is 5.97 Å². The van der Waals surface area contributed by atoms with Gasteiger partial charge in [0.2, 0.25) is 0 Å². The van der Waals surface area contributed by atoms with Crippen molar-refractivity contribution in [1.82, 2.24) is 0 Å². The van der Waals surface area contributed by atoms with Crippen molar-refractivity contribution in [3.05, 3.63) is 170 Å². The molecule has 0 aliphatic heterocycles. The van der Waals surface area contributed by atoms with Gasteiger partial charge in [-0.3, -0.25) is 0 Å². The van der Waals surface area contributed by atoms with Gasteiger partial charge in [-0.1, -0.05) is 91.5 Å². The van der Waals surface area contributed by atoms with Crippen LogP contribution in [0.15, 0.2) is 180 Å². The standard InChI is InChI=1S/C40H31N3O2/c1-29(2)40(44)45-39-27-17-33(18-28-39)32-15-23-37(24-16-32)43(36-21-13-31(14-22-36)30-9-5-3-6-10-30)38-25-19-35(20-26-38)42-41-34-11-7-4-8-12-34/h3-28H,1H2,2H3. The number of hydrogen-bond acceptors (Lipinski definition) is 5. The zero-order chi connectivity index (χ0) is 31.0. The van der Waals surface area contributed by atoms with E-state index in [1.807, 2.05) is 60.7 Å². The quantitative estimate of drug-likeness (QED) is 0.0734. The SMILES string of the molecule is C=C(C)C(=O)Oc1ccc(-c2ccc(N(c3ccc(N=Nc4ccccc4)cc3)c3ccc(-c4ccccc4)cc3)cc2)cc1. The van der Waals surface area contributed by atoms with Crippen molar-refractivity contribution in [3.8, 4) is 28.0 Å². The van der Waals surface area contributed by atoms with Gasteiger partial charge in [-0.2, -0.15) is 10.2 Å². The van der Waals surface area contributed by atoms with Gasteiger partial charge in [-0.25, -0.2) is 4.79 Å². The second kappa shape index (κ2) is 13.5. The summed E-state index contributed by atoms with van der Waals surface area (Å²) >= 11 is 0. The molecule has 0 radical (unpaired) electrons. The molecule has 6 aromatic carbocycles. The van der Waals surface area contributed by atoms with E-state index in [-0.39, 0.29) is 0 Å². The fourth-order valence-electron chi connectivity index (χ4n) is 4.87. The fraction of sp³-hybridized carbons (Fsp3) is 0.0250. The minimum atomic E-state index is -0.434. The average Bonchev–Trinajstić information content (AvgIpc) is 3.10. The summed E-state index contributed by atoms with van der Waals surface area (Å²) in [6, 6.07) is 52.6. The summed E-state index contributed by atoms with van der Waals surface area (Å²) in [6.07, 6.45) is 0. The first-order valence-electron chi connectivity index (χ1n) is 14.6. The number of nitrogens with zero attached hydrogens (tertiary/aromatic N) is 3. The lowest BCUT2D eigenvalue weighted by Gasteiger charge is -2.26. The van der Waals surface area contributed by atoms with Gasteiger partial charge in [-0.05, 0) is 102 Å². The van der Waals surface area contributed by atoms with Crippen molar-refractivity contribution >= 4 is 34.4 Å². The van der Waals surface area contributed by atoms with Crippen molar-refractivity contribution in [1.29, 1.82) is 0 Å². The molecule has 0 bridgehead atoms. The monoisotopic (exact) mass is 585 g/mol. The van der Waals surface area contributed by atoms with Crippen LogP contribution in [0.5, 0.6) is 5.75 Å². The van der Waals surface area contributed by atoms with Crippen LogP contribution in [0.3, 0.4) is 0 Å². The highest BCUT2D eigenvalue weighted by atomic mass is 16.5. The van der Waals surface area contributed by atoms with E-state index >= 15 is 0 Å². The Bertz CT molecular complexity index is 1920. The molecule has 6 aromatic rings. The normalized spacial score (nSPS) is 10.9. The first-order chi connectivity index (χ1) is 22.0. The number of anilines is 3. The van der Waals surface area contributed by atoms with E-state index in [2.05, 4.69) is 107 Å². The number of benzene rings is 6. The van der Waals surface area contributed by atoms with Gasteiger partial charge in [0.15, 0.2) is 0 Å². The highest BCUT2D eigenvalue weighted by Gasteiger charge is 2.14. The highest BCUT2D eigenvalue weighted by molar-refractivity contribution is 5.89. The third-order valence-electron chi connectivity index (χ3n) is 7.25. The van der Waals surface area contributed by atoms with Crippen molar-refractivity contribution in [2.75, 3.05) is 4.90 Å². The minimum Gasteiger partial charge on any atom is -0.423 e. The van der Waals surface area contributed by atoms with Crippen molar-refractivity contribution < 1.29 is 9.53 Å². The number of carbonyl (C=O) groups is 1. The largest absolute Gasteiger partial charge is 0.423 e. The van der Waals surface area contributed by atoms with Gasteiger partial charge in [0.25, 0.3) is 0 Å². The molecular formula is C40H31N3O2. The zero-order valence-electron chi connectivity index (χ0n) is 24.9.